The van der Waals surface area contributed by atoms with Gasteiger partial charge in [-0.3, -0.25) is 4.79 Å². The number of nitrogens with zero attached hydrogens (tertiary/aromatic N) is 1. The Bertz CT molecular complexity index is 275. The molecule has 0 aliphatic carbocycles. The van der Waals surface area contributed by atoms with Crippen LogP contribution in [0.15, 0.2) is 0 Å². The largest absolute Gasteiger partial charge is 0.406 e. The molecule has 0 saturated carbocycles. The fourth-order valence-corrected chi connectivity index (χ4v) is 1.59. The van der Waals surface area contributed by atoms with Crippen molar-refractivity contribution in [3.05, 3.63) is 0 Å². The highest BCUT2D eigenvalue weighted by atomic mass is 19.4. The first-order valence-corrected chi connectivity index (χ1v) is 6.49. The lowest BCUT2D eigenvalue weighted by atomic mass is 10.2. The molecule has 0 heterocycles. The van der Waals surface area contributed by atoms with Gasteiger partial charge in [0.1, 0.15) is 6.54 Å². The number of carbonyl (C=O) groups is 1. The smallest absolute Gasteiger partial charge is 0.385 e. The zero-order valence-electron chi connectivity index (χ0n) is 11.9. The molecule has 0 spiro atoms. The van der Waals surface area contributed by atoms with Crippen molar-refractivity contribution in [2.45, 2.75) is 32.0 Å². The fourth-order valence-electron chi connectivity index (χ4n) is 1.59. The van der Waals surface area contributed by atoms with Gasteiger partial charge in [0.2, 0.25) is 5.91 Å². The summed E-state index contributed by atoms with van der Waals surface area (Å²) in [5, 5.41) is 0. The summed E-state index contributed by atoms with van der Waals surface area (Å²) in [6.45, 7) is 1.49. The number of nitrogens with two attached hydrogens (primary N) is 1. The van der Waals surface area contributed by atoms with Gasteiger partial charge in [-0.25, -0.2) is 0 Å². The third-order valence-electron chi connectivity index (χ3n) is 2.55. The van der Waals surface area contributed by atoms with Crippen LogP contribution in [0.3, 0.4) is 0 Å². The predicted octanol–water partition coefficient (Wildman–Crippen LogP) is 1.17. The van der Waals surface area contributed by atoms with Crippen LogP contribution in [-0.4, -0.2) is 63.0 Å². The Labute approximate surface area is 117 Å². The minimum absolute atomic E-state index is 0.0287. The number of alkyl halides is 3. The number of amides is 1. The molecule has 0 bridgehead atoms. The molecule has 0 aliphatic rings. The van der Waals surface area contributed by atoms with Gasteiger partial charge in [0, 0.05) is 33.5 Å². The maximum absolute atomic E-state index is 12.5. The standard InChI is InChI=1S/C12H23F3N2O3/c1-3-20-7-4-6-17(9-12(13,14)15)11(18)10(16)5-8-19-2/h10H,3-9,16H2,1-2H3. The van der Waals surface area contributed by atoms with Gasteiger partial charge in [0.15, 0.2) is 0 Å². The van der Waals surface area contributed by atoms with E-state index < -0.39 is 24.7 Å². The number of halogens is 3. The van der Waals surface area contributed by atoms with Crippen LogP contribution in [0.4, 0.5) is 13.2 Å². The molecule has 0 rings (SSSR count). The van der Waals surface area contributed by atoms with E-state index in [1.807, 2.05) is 0 Å². The summed E-state index contributed by atoms with van der Waals surface area (Å²) in [6.07, 6.45) is -3.91. The lowest BCUT2D eigenvalue weighted by Gasteiger charge is -2.26. The Morgan fingerprint density at radius 2 is 2.00 bits per heavy atom. The van der Waals surface area contributed by atoms with Crippen molar-refractivity contribution in [3.63, 3.8) is 0 Å². The number of hydrogen-bond donors (Lipinski definition) is 1. The van der Waals surface area contributed by atoms with Crippen molar-refractivity contribution in [2.75, 3.05) is 40.0 Å². The zero-order valence-corrected chi connectivity index (χ0v) is 11.9. The third-order valence-corrected chi connectivity index (χ3v) is 2.55. The van der Waals surface area contributed by atoms with Crippen molar-refractivity contribution in [3.8, 4) is 0 Å². The van der Waals surface area contributed by atoms with E-state index in [9.17, 15) is 18.0 Å². The second-order valence-corrected chi connectivity index (χ2v) is 4.31. The number of hydrogen-bond acceptors (Lipinski definition) is 4. The predicted molar refractivity (Wildman–Crippen MR) is 68.2 cm³/mol. The Hall–Kier alpha value is -0.860. The zero-order chi connectivity index (χ0) is 15.6. The van der Waals surface area contributed by atoms with Crippen molar-refractivity contribution in [2.24, 2.45) is 5.73 Å². The number of ether oxygens (including phenoxy) is 2. The highest BCUT2D eigenvalue weighted by Gasteiger charge is 2.34. The average molecular weight is 300 g/mol. The highest BCUT2D eigenvalue weighted by molar-refractivity contribution is 5.81. The molecule has 0 radical (unpaired) electrons. The lowest BCUT2D eigenvalue weighted by Crippen LogP contribution is -2.48. The van der Waals surface area contributed by atoms with E-state index >= 15 is 0 Å². The van der Waals surface area contributed by atoms with E-state index in [-0.39, 0.29) is 19.6 Å². The van der Waals surface area contributed by atoms with Gasteiger partial charge in [-0.2, -0.15) is 13.2 Å². The van der Waals surface area contributed by atoms with Crippen LogP contribution >= 0.6 is 0 Å². The Balaban J connectivity index is 4.45. The van der Waals surface area contributed by atoms with Gasteiger partial charge in [0.25, 0.3) is 0 Å². The van der Waals surface area contributed by atoms with Crippen molar-refractivity contribution >= 4 is 5.91 Å². The van der Waals surface area contributed by atoms with E-state index in [0.717, 1.165) is 4.90 Å². The van der Waals surface area contributed by atoms with E-state index in [0.29, 0.717) is 19.6 Å². The van der Waals surface area contributed by atoms with E-state index in [1.54, 1.807) is 6.92 Å². The van der Waals surface area contributed by atoms with Crippen LogP contribution in [0.2, 0.25) is 0 Å². The molecule has 1 atom stereocenters. The first-order valence-electron chi connectivity index (χ1n) is 6.49. The van der Waals surface area contributed by atoms with Crippen molar-refractivity contribution < 1.29 is 27.4 Å². The molecule has 5 nitrogen and oxygen atoms in total. The van der Waals surface area contributed by atoms with Crippen LogP contribution in [-0.2, 0) is 14.3 Å². The fraction of sp³-hybridized carbons (Fsp3) is 0.917. The van der Waals surface area contributed by atoms with E-state index in [2.05, 4.69) is 0 Å². The summed E-state index contributed by atoms with van der Waals surface area (Å²) in [5.41, 5.74) is 5.58. The van der Waals surface area contributed by atoms with Crippen molar-refractivity contribution in [1.82, 2.24) is 4.90 Å². The lowest BCUT2D eigenvalue weighted by molar-refractivity contribution is -0.162. The quantitative estimate of drug-likeness (QED) is 0.615. The second kappa shape index (κ2) is 9.95. The molecule has 0 saturated heterocycles. The first kappa shape index (κ1) is 19.1. The maximum atomic E-state index is 12.5. The molecule has 8 heteroatoms. The van der Waals surface area contributed by atoms with Crippen LogP contribution in [0.1, 0.15) is 19.8 Å². The van der Waals surface area contributed by atoms with E-state index in [4.69, 9.17) is 15.2 Å². The topological polar surface area (TPSA) is 64.8 Å². The minimum Gasteiger partial charge on any atom is -0.385 e. The molecule has 0 aliphatic heterocycles. The Morgan fingerprint density at radius 3 is 2.50 bits per heavy atom. The number of rotatable bonds is 10. The van der Waals surface area contributed by atoms with Crippen LogP contribution in [0, 0.1) is 0 Å². The molecule has 0 aromatic carbocycles. The molecule has 0 aromatic rings. The molecule has 20 heavy (non-hydrogen) atoms. The number of carbonyl (C=O) groups excluding carboxylic acids is 1. The molecule has 0 aromatic heterocycles. The summed E-state index contributed by atoms with van der Waals surface area (Å²) in [6, 6.07) is -0.982. The van der Waals surface area contributed by atoms with Gasteiger partial charge in [-0.05, 0) is 19.8 Å². The average Bonchev–Trinajstić information content (AvgIpc) is 2.37. The summed E-state index contributed by atoms with van der Waals surface area (Å²) < 4.78 is 47.2. The minimum atomic E-state index is -4.44. The normalized spacial score (nSPS) is 13.3. The second-order valence-electron chi connectivity index (χ2n) is 4.31. The van der Waals surface area contributed by atoms with Gasteiger partial charge in [-0.1, -0.05) is 0 Å². The number of methoxy groups -OCH3 is 1. The summed E-state index contributed by atoms with van der Waals surface area (Å²) in [5.74, 6) is -0.712. The Morgan fingerprint density at radius 1 is 1.35 bits per heavy atom. The van der Waals surface area contributed by atoms with Crippen LogP contribution in [0.5, 0.6) is 0 Å². The van der Waals surface area contributed by atoms with Crippen LogP contribution < -0.4 is 5.73 Å². The van der Waals surface area contributed by atoms with Gasteiger partial charge in [-0.15, -0.1) is 0 Å². The maximum Gasteiger partial charge on any atom is 0.406 e. The first-order chi connectivity index (χ1) is 9.31. The molecule has 1 unspecified atom stereocenters. The molecule has 120 valence electrons. The highest BCUT2D eigenvalue weighted by Crippen LogP contribution is 2.17. The third kappa shape index (κ3) is 9.11. The van der Waals surface area contributed by atoms with Gasteiger partial charge < -0.3 is 20.1 Å². The summed E-state index contributed by atoms with van der Waals surface area (Å²) in [4.78, 5) is 12.6. The molecule has 0 fully saturated rings. The van der Waals surface area contributed by atoms with Gasteiger partial charge >= 0.3 is 6.18 Å². The van der Waals surface area contributed by atoms with E-state index in [1.165, 1.54) is 7.11 Å². The molecule has 2 N–H and O–H groups in total. The Kier molecular flexibility index (Phi) is 9.52. The van der Waals surface area contributed by atoms with Crippen molar-refractivity contribution in [1.29, 1.82) is 0 Å². The summed E-state index contributed by atoms with van der Waals surface area (Å²) in [7, 11) is 1.44. The molecular weight excluding hydrogens is 277 g/mol. The molecular formula is C12H23F3N2O3. The summed E-state index contributed by atoms with van der Waals surface area (Å²) >= 11 is 0. The van der Waals surface area contributed by atoms with Gasteiger partial charge in [0.05, 0.1) is 6.04 Å². The monoisotopic (exact) mass is 300 g/mol. The van der Waals surface area contributed by atoms with Crippen LogP contribution in [0.25, 0.3) is 0 Å². The SMILES string of the molecule is CCOCCCN(CC(F)(F)F)C(=O)C(N)CCOC. The molecule has 1 amide bonds.